The molecule has 1 aromatic carbocycles. The maximum Gasteiger partial charge on any atom is 0.241 e. The zero-order valence-corrected chi connectivity index (χ0v) is 17.1. The predicted molar refractivity (Wildman–Crippen MR) is 109 cm³/mol. The summed E-state index contributed by atoms with van der Waals surface area (Å²) < 4.78 is 0. The molecule has 4 rings (SSSR count). The van der Waals surface area contributed by atoms with Crippen molar-refractivity contribution in [3.63, 3.8) is 0 Å². The van der Waals surface area contributed by atoms with Crippen LogP contribution in [-0.4, -0.2) is 70.3 Å². The summed E-state index contributed by atoms with van der Waals surface area (Å²) in [6.45, 7) is 5.85. The first-order valence-corrected chi connectivity index (χ1v) is 10.5. The Bertz CT molecular complexity index is 850. The Morgan fingerprint density at radius 2 is 2.21 bits per heavy atom. The third kappa shape index (κ3) is 3.52. The topological polar surface area (TPSA) is 93.7 Å². The molecule has 3 fully saturated rings. The van der Waals surface area contributed by atoms with E-state index in [9.17, 15) is 14.9 Å². The minimum atomic E-state index is -0.696. The van der Waals surface area contributed by atoms with Crippen molar-refractivity contribution in [2.75, 3.05) is 19.6 Å². The van der Waals surface area contributed by atoms with Gasteiger partial charge in [0.1, 0.15) is 6.04 Å². The molecule has 0 saturated carbocycles. The van der Waals surface area contributed by atoms with E-state index in [-0.39, 0.29) is 36.0 Å². The zero-order chi connectivity index (χ0) is 20.7. The average Bonchev–Trinajstić information content (AvgIpc) is 3.41. The van der Waals surface area contributed by atoms with Gasteiger partial charge in [-0.15, -0.1) is 0 Å². The number of hydrogen-bond acceptors (Lipinski definition) is 5. The van der Waals surface area contributed by atoms with Gasteiger partial charge >= 0.3 is 0 Å². The van der Waals surface area contributed by atoms with Crippen molar-refractivity contribution >= 4 is 11.8 Å². The fourth-order valence-corrected chi connectivity index (χ4v) is 5.20. The maximum atomic E-state index is 13.1. The van der Waals surface area contributed by atoms with Crippen LogP contribution in [0.3, 0.4) is 0 Å². The molecule has 0 aromatic heterocycles. The van der Waals surface area contributed by atoms with E-state index < -0.39 is 6.04 Å². The number of carbonyl (C=O) groups excluding carboxylic acids is 2. The summed E-state index contributed by atoms with van der Waals surface area (Å²) in [5.74, 6) is -0.0414. The van der Waals surface area contributed by atoms with Crippen molar-refractivity contribution in [2.45, 2.75) is 63.3 Å². The van der Waals surface area contributed by atoms with Gasteiger partial charge in [0.2, 0.25) is 11.8 Å². The molecule has 1 unspecified atom stereocenters. The van der Waals surface area contributed by atoms with E-state index in [1.54, 1.807) is 4.90 Å². The Hall–Kier alpha value is -2.43. The molecule has 3 heterocycles. The Balaban J connectivity index is 1.40. The molecule has 3 aliphatic heterocycles. The third-order valence-electron chi connectivity index (χ3n) is 6.69. The number of benzene rings is 1. The second-order valence-corrected chi connectivity index (χ2v) is 8.62. The van der Waals surface area contributed by atoms with Gasteiger partial charge in [-0.2, -0.15) is 5.26 Å². The van der Waals surface area contributed by atoms with Gasteiger partial charge in [0, 0.05) is 25.7 Å². The molecule has 2 amide bonds. The molecule has 29 heavy (non-hydrogen) atoms. The fourth-order valence-electron chi connectivity index (χ4n) is 5.20. The molecule has 1 aromatic rings. The lowest BCUT2D eigenvalue weighted by Crippen LogP contribution is -2.56. The molecule has 5 atom stereocenters. The van der Waals surface area contributed by atoms with Crippen LogP contribution < -0.4 is 5.73 Å². The van der Waals surface area contributed by atoms with Gasteiger partial charge in [-0.1, -0.05) is 29.8 Å². The molecule has 7 heteroatoms. The van der Waals surface area contributed by atoms with Crippen molar-refractivity contribution in [1.29, 1.82) is 5.26 Å². The first-order chi connectivity index (χ1) is 13.9. The predicted octanol–water partition coefficient (Wildman–Crippen LogP) is 1.18. The van der Waals surface area contributed by atoms with E-state index in [0.29, 0.717) is 19.5 Å². The van der Waals surface area contributed by atoms with Gasteiger partial charge in [-0.25, -0.2) is 0 Å². The highest BCUT2D eigenvalue weighted by atomic mass is 16.2. The number of nitriles is 1. The lowest BCUT2D eigenvalue weighted by Gasteiger charge is -2.38. The summed E-state index contributed by atoms with van der Waals surface area (Å²) in [4.78, 5) is 31.5. The third-order valence-corrected chi connectivity index (χ3v) is 6.69. The van der Waals surface area contributed by atoms with Crippen LogP contribution >= 0.6 is 0 Å². The van der Waals surface area contributed by atoms with E-state index in [1.807, 2.05) is 11.0 Å². The molecule has 2 bridgehead atoms. The first-order valence-electron chi connectivity index (χ1n) is 10.5. The van der Waals surface area contributed by atoms with E-state index in [4.69, 9.17) is 5.73 Å². The van der Waals surface area contributed by atoms with Crippen LogP contribution in [0.2, 0.25) is 0 Å². The zero-order valence-electron chi connectivity index (χ0n) is 17.1. The lowest BCUT2D eigenvalue weighted by atomic mass is 10.0. The molecular formula is C22H29N5O2. The summed E-state index contributed by atoms with van der Waals surface area (Å²) in [6, 6.07) is 9.43. The van der Waals surface area contributed by atoms with Gasteiger partial charge in [-0.3, -0.25) is 14.5 Å². The number of hydrogen-bond donors (Lipinski definition) is 1. The Labute approximate surface area is 172 Å². The van der Waals surface area contributed by atoms with Crippen molar-refractivity contribution in [3.05, 3.63) is 35.4 Å². The van der Waals surface area contributed by atoms with E-state index in [0.717, 1.165) is 24.9 Å². The largest absolute Gasteiger partial charge is 0.330 e. The molecular weight excluding hydrogens is 366 g/mol. The Kier molecular flexibility index (Phi) is 5.32. The normalized spacial score (nSPS) is 28.6. The van der Waals surface area contributed by atoms with Gasteiger partial charge in [0.05, 0.1) is 24.2 Å². The smallest absolute Gasteiger partial charge is 0.241 e. The first kappa shape index (κ1) is 19.9. The van der Waals surface area contributed by atoms with Crippen molar-refractivity contribution < 1.29 is 9.59 Å². The summed E-state index contributed by atoms with van der Waals surface area (Å²) in [7, 11) is 0. The average molecular weight is 396 g/mol. The second kappa shape index (κ2) is 7.77. The lowest BCUT2D eigenvalue weighted by molar-refractivity contribution is -0.140. The Morgan fingerprint density at radius 1 is 1.41 bits per heavy atom. The molecule has 0 radical (unpaired) electrons. The summed E-state index contributed by atoms with van der Waals surface area (Å²) >= 11 is 0. The number of nitrogens with two attached hydrogens (primary N) is 1. The number of rotatable bonds is 5. The van der Waals surface area contributed by atoms with Crippen LogP contribution in [0.25, 0.3) is 0 Å². The van der Waals surface area contributed by atoms with E-state index in [1.165, 1.54) is 5.56 Å². The van der Waals surface area contributed by atoms with Crippen molar-refractivity contribution in [2.24, 2.45) is 5.73 Å². The maximum absolute atomic E-state index is 13.1. The SMILES string of the molecule is Cc1cccc([C@@H](C)N2C(=O)[C@H]3CC2CN3C[C@H](N)C(=O)N2CCC[C@H]2C#N)c1. The van der Waals surface area contributed by atoms with Crippen LogP contribution in [-0.2, 0) is 9.59 Å². The summed E-state index contributed by atoms with van der Waals surface area (Å²) in [5.41, 5.74) is 8.55. The molecule has 0 aliphatic carbocycles. The quantitative estimate of drug-likeness (QED) is 0.808. The van der Waals surface area contributed by atoms with Gasteiger partial charge in [0.15, 0.2) is 0 Å². The fraction of sp³-hybridized carbons (Fsp3) is 0.591. The molecule has 2 N–H and O–H groups in total. The number of amides is 2. The number of carbonyl (C=O) groups is 2. The minimum Gasteiger partial charge on any atom is -0.330 e. The van der Waals surface area contributed by atoms with Crippen molar-refractivity contribution in [1.82, 2.24) is 14.7 Å². The molecule has 7 nitrogen and oxygen atoms in total. The van der Waals surface area contributed by atoms with Gasteiger partial charge in [0.25, 0.3) is 0 Å². The number of aryl methyl sites for hydroxylation is 1. The number of fused-ring (bicyclic) bond motifs is 2. The molecule has 3 aliphatic rings. The molecule has 154 valence electrons. The summed E-state index contributed by atoms with van der Waals surface area (Å²) in [6.07, 6.45) is 2.35. The van der Waals surface area contributed by atoms with E-state index in [2.05, 4.69) is 43.0 Å². The van der Waals surface area contributed by atoms with Crippen molar-refractivity contribution in [3.8, 4) is 6.07 Å². The highest BCUT2D eigenvalue weighted by Crippen LogP contribution is 2.38. The van der Waals surface area contributed by atoms with E-state index >= 15 is 0 Å². The molecule has 3 saturated heterocycles. The second-order valence-electron chi connectivity index (χ2n) is 8.62. The number of piperazine rings is 1. The van der Waals surface area contributed by atoms with Crippen LogP contribution in [0, 0.1) is 18.3 Å². The number of likely N-dealkylation sites (tertiary alicyclic amines) is 3. The van der Waals surface area contributed by atoms with Gasteiger partial charge < -0.3 is 15.5 Å². The number of nitrogens with zero attached hydrogens (tertiary/aromatic N) is 4. The standard InChI is InChI=1S/C22H29N5O2/c1-14-5-3-6-16(9-14)15(2)27-18-10-20(22(27)29)25(12-18)13-19(24)21(28)26-8-4-7-17(26)11-23/h3,5-6,9,15,17-20H,4,7-8,10,12-13,24H2,1-2H3/t15-,17+,18?,19+,20-/m1/s1. The van der Waals surface area contributed by atoms with Crippen LogP contribution in [0.15, 0.2) is 24.3 Å². The highest BCUT2D eigenvalue weighted by molar-refractivity contribution is 5.87. The van der Waals surface area contributed by atoms with Crippen LogP contribution in [0.4, 0.5) is 0 Å². The Morgan fingerprint density at radius 3 is 2.90 bits per heavy atom. The monoisotopic (exact) mass is 395 g/mol. The van der Waals surface area contributed by atoms with Gasteiger partial charge in [-0.05, 0) is 38.7 Å². The summed E-state index contributed by atoms with van der Waals surface area (Å²) in [5, 5.41) is 9.22. The minimum absolute atomic E-state index is 0.0378. The van der Waals surface area contributed by atoms with Crippen LogP contribution in [0.5, 0.6) is 0 Å². The highest BCUT2D eigenvalue weighted by Gasteiger charge is 2.51. The van der Waals surface area contributed by atoms with Crippen LogP contribution in [0.1, 0.15) is 43.4 Å². The molecule has 0 spiro atoms.